The van der Waals surface area contributed by atoms with Crippen molar-refractivity contribution in [3.05, 3.63) is 94.0 Å². The Bertz CT molecular complexity index is 1260. The standard InChI is InChI=1S/C23H21ClN2O5S/c1-14-10-15(2)12-18(11-14)26-22(27)21(16-6-4-3-5-7-16)31-23(28)17-8-9-19(24)20(13-17)32(25,29)30/h3-13,21H,1-2H3,(H,26,27)(H2,25,29,30)/t21-/m1/s1. The number of aryl methyl sites for hydroxylation is 2. The molecule has 3 rings (SSSR count). The number of nitrogens with two attached hydrogens (primary N) is 1. The molecular weight excluding hydrogens is 452 g/mol. The van der Waals surface area contributed by atoms with Crippen LogP contribution in [-0.2, 0) is 19.6 Å². The number of hydrogen-bond acceptors (Lipinski definition) is 5. The van der Waals surface area contributed by atoms with Gasteiger partial charge in [-0.15, -0.1) is 0 Å². The van der Waals surface area contributed by atoms with E-state index in [4.69, 9.17) is 21.5 Å². The summed E-state index contributed by atoms with van der Waals surface area (Å²) in [4.78, 5) is 25.4. The van der Waals surface area contributed by atoms with Crippen molar-refractivity contribution >= 4 is 39.2 Å². The number of nitrogens with one attached hydrogen (secondary N) is 1. The number of anilines is 1. The lowest BCUT2D eigenvalue weighted by Crippen LogP contribution is -2.26. The fourth-order valence-corrected chi connectivity index (χ4v) is 4.25. The highest BCUT2D eigenvalue weighted by Gasteiger charge is 2.27. The first-order valence-corrected chi connectivity index (χ1v) is 11.4. The van der Waals surface area contributed by atoms with E-state index in [1.54, 1.807) is 42.5 Å². The Balaban J connectivity index is 1.92. The van der Waals surface area contributed by atoms with Gasteiger partial charge in [0, 0.05) is 11.3 Å². The van der Waals surface area contributed by atoms with Gasteiger partial charge in [-0.3, -0.25) is 4.79 Å². The summed E-state index contributed by atoms with van der Waals surface area (Å²) in [6.07, 6.45) is -1.28. The van der Waals surface area contributed by atoms with Crippen LogP contribution >= 0.6 is 11.6 Å². The van der Waals surface area contributed by atoms with Crippen molar-refractivity contribution in [2.45, 2.75) is 24.8 Å². The first kappa shape index (κ1) is 23.5. The predicted octanol–water partition coefficient (Wildman–Crippen LogP) is 4.14. The summed E-state index contributed by atoms with van der Waals surface area (Å²) in [7, 11) is -4.15. The van der Waals surface area contributed by atoms with Crippen LogP contribution in [0, 0.1) is 13.8 Å². The summed E-state index contributed by atoms with van der Waals surface area (Å²) in [5, 5.41) is 7.79. The number of primary sulfonamides is 1. The molecule has 166 valence electrons. The number of benzene rings is 3. The van der Waals surface area contributed by atoms with Crippen molar-refractivity contribution in [2.75, 3.05) is 5.32 Å². The lowest BCUT2D eigenvalue weighted by atomic mass is 10.1. The molecule has 32 heavy (non-hydrogen) atoms. The minimum Gasteiger partial charge on any atom is -0.444 e. The minimum atomic E-state index is -4.15. The average molecular weight is 473 g/mol. The number of hydrogen-bond donors (Lipinski definition) is 2. The monoisotopic (exact) mass is 472 g/mol. The molecule has 0 saturated carbocycles. The van der Waals surface area contributed by atoms with Gasteiger partial charge in [-0.1, -0.05) is 48.0 Å². The number of sulfonamides is 1. The summed E-state index contributed by atoms with van der Waals surface area (Å²) in [5.74, 6) is -1.47. The van der Waals surface area contributed by atoms with Gasteiger partial charge in [0.05, 0.1) is 10.6 Å². The first-order chi connectivity index (χ1) is 15.0. The molecule has 7 nitrogen and oxygen atoms in total. The summed E-state index contributed by atoms with van der Waals surface area (Å²) in [6.45, 7) is 3.81. The molecule has 9 heteroatoms. The normalized spacial score (nSPS) is 12.1. The van der Waals surface area contributed by atoms with Crippen LogP contribution in [0.2, 0.25) is 5.02 Å². The Hall–Kier alpha value is -3.20. The number of ether oxygens (including phenoxy) is 1. The van der Waals surface area contributed by atoms with E-state index >= 15 is 0 Å². The van der Waals surface area contributed by atoms with Crippen LogP contribution in [0.3, 0.4) is 0 Å². The molecule has 0 aliphatic rings. The molecule has 1 atom stereocenters. The quantitative estimate of drug-likeness (QED) is 0.523. The van der Waals surface area contributed by atoms with E-state index < -0.39 is 32.9 Å². The molecule has 0 saturated heterocycles. The maximum Gasteiger partial charge on any atom is 0.339 e. The van der Waals surface area contributed by atoms with Gasteiger partial charge in [0.1, 0.15) is 4.90 Å². The van der Waals surface area contributed by atoms with Gasteiger partial charge in [-0.05, 0) is 55.3 Å². The van der Waals surface area contributed by atoms with Gasteiger partial charge >= 0.3 is 5.97 Å². The smallest absolute Gasteiger partial charge is 0.339 e. The van der Waals surface area contributed by atoms with Crippen LogP contribution in [0.4, 0.5) is 5.69 Å². The minimum absolute atomic E-state index is 0.112. The van der Waals surface area contributed by atoms with Gasteiger partial charge < -0.3 is 10.1 Å². The number of esters is 1. The zero-order chi connectivity index (χ0) is 23.5. The number of carbonyl (C=O) groups is 2. The van der Waals surface area contributed by atoms with Gasteiger partial charge in [-0.2, -0.15) is 0 Å². The molecule has 0 radical (unpaired) electrons. The lowest BCUT2D eigenvalue weighted by molar-refractivity contribution is -0.125. The van der Waals surface area contributed by atoms with Crippen LogP contribution < -0.4 is 10.5 Å². The second kappa shape index (κ2) is 9.52. The number of rotatable bonds is 6. The second-order valence-electron chi connectivity index (χ2n) is 7.25. The molecule has 0 aliphatic heterocycles. The molecule has 3 N–H and O–H groups in total. The topological polar surface area (TPSA) is 116 Å². The van der Waals surface area contributed by atoms with E-state index in [1.807, 2.05) is 19.9 Å². The summed E-state index contributed by atoms with van der Waals surface area (Å²) < 4.78 is 28.9. The zero-order valence-electron chi connectivity index (χ0n) is 17.3. The first-order valence-electron chi connectivity index (χ1n) is 9.52. The molecule has 0 fully saturated rings. The van der Waals surface area contributed by atoms with E-state index in [9.17, 15) is 18.0 Å². The van der Waals surface area contributed by atoms with Crippen LogP contribution in [0.25, 0.3) is 0 Å². The Morgan fingerprint density at radius 1 is 0.969 bits per heavy atom. The fraction of sp³-hybridized carbons (Fsp3) is 0.130. The zero-order valence-corrected chi connectivity index (χ0v) is 18.9. The van der Waals surface area contributed by atoms with Gasteiger partial charge in [0.15, 0.2) is 0 Å². The highest BCUT2D eigenvalue weighted by Crippen LogP contribution is 2.25. The molecule has 0 unspecified atom stereocenters. The summed E-state index contributed by atoms with van der Waals surface area (Å²) in [5.41, 5.74) is 2.82. The van der Waals surface area contributed by atoms with E-state index in [2.05, 4.69) is 5.32 Å². The SMILES string of the molecule is Cc1cc(C)cc(NC(=O)[C@H](OC(=O)c2ccc(Cl)c(S(N)(=O)=O)c2)c2ccccc2)c1. The molecular formula is C23H21ClN2O5S. The molecule has 0 bridgehead atoms. The molecule has 1 amide bonds. The van der Waals surface area contributed by atoms with Gasteiger partial charge in [-0.25, -0.2) is 18.4 Å². The Kier molecular flexibility index (Phi) is 6.98. The van der Waals surface area contributed by atoms with E-state index in [0.717, 1.165) is 17.2 Å². The Morgan fingerprint density at radius 2 is 1.59 bits per heavy atom. The van der Waals surface area contributed by atoms with E-state index in [-0.39, 0.29) is 10.6 Å². The molecule has 3 aromatic rings. The van der Waals surface area contributed by atoms with Crippen LogP contribution in [0.1, 0.15) is 33.2 Å². The maximum absolute atomic E-state index is 13.1. The Labute approximate surface area is 191 Å². The number of carbonyl (C=O) groups excluding carboxylic acids is 2. The van der Waals surface area contributed by atoms with Crippen LogP contribution in [0.5, 0.6) is 0 Å². The van der Waals surface area contributed by atoms with Crippen molar-refractivity contribution in [3.63, 3.8) is 0 Å². The van der Waals surface area contributed by atoms with Crippen molar-refractivity contribution in [3.8, 4) is 0 Å². The molecule has 3 aromatic carbocycles. The highest BCUT2D eigenvalue weighted by molar-refractivity contribution is 7.89. The molecule has 0 aromatic heterocycles. The summed E-state index contributed by atoms with van der Waals surface area (Å²) >= 11 is 5.88. The van der Waals surface area contributed by atoms with E-state index in [0.29, 0.717) is 11.3 Å². The second-order valence-corrected chi connectivity index (χ2v) is 9.19. The third kappa shape index (κ3) is 5.73. The van der Waals surface area contributed by atoms with Gasteiger partial charge in [0.25, 0.3) is 5.91 Å². The van der Waals surface area contributed by atoms with Crippen molar-refractivity contribution in [1.29, 1.82) is 0 Å². The van der Waals surface area contributed by atoms with Crippen LogP contribution in [0.15, 0.2) is 71.6 Å². The summed E-state index contributed by atoms with van der Waals surface area (Å²) in [6, 6.07) is 17.6. The average Bonchev–Trinajstić information content (AvgIpc) is 2.71. The highest BCUT2D eigenvalue weighted by atomic mass is 35.5. The fourth-order valence-electron chi connectivity index (χ4n) is 3.18. The third-order valence-electron chi connectivity index (χ3n) is 4.53. The molecule has 0 heterocycles. The lowest BCUT2D eigenvalue weighted by Gasteiger charge is -2.19. The van der Waals surface area contributed by atoms with Crippen LogP contribution in [-0.4, -0.2) is 20.3 Å². The predicted molar refractivity (Wildman–Crippen MR) is 122 cm³/mol. The van der Waals surface area contributed by atoms with Crippen molar-refractivity contribution in [1.82, 2.24) is 0 Å². The largest absolute Gasteiger partial charge is 0.444 e. The molecule has 0 aliphatic carbocycles. The van der Waals surface area contributed by atoms with Crippen molar-refractivity contribution in [2.24, 2.45) is 5.14 Å². The number of halogens is 1. The van der Waals surface area contributed by atoms with Gasteiger partial charge in [0.2, 0.25) is 16.1 Å². The molecule has 0 spiro atoms. The Morgan fingerprint density at radius 3 is 2.19 bits per heavy atom. The van der Waals surface area contributed by atoms with E-state index in [1.165, 1.54) is 12.1 Å². The third-order valence-corrected chi connectivity index (χ3v) is 5.92. The maximum atomic E-state index is 13.1. The number of amides is 1. The van der Waals surface area contributed by atoms with Crippen molar-refractivity contribution < 1.29 is 22.7 Å².